The summed E-state index contributed by atoms with van der Waals surface area (Å²) in [6.45, 7) is 16.9. The van der Waals surface area contributed by atoms with E-state index in [9.17, 15) is 9.59 Å². The van der Waals surface area contributed by atoms with Gasteiger partial charge in [0.15, 0.2) is 23.0 Å². The van der Waals surface area contributed by atoms with Crippen molar-refractivity contribution in [1.29, 1.82) is 0 Å². The molecule has 0 aromatic heterocycles. The van der Waals surface area contributed by atoms with E-state index in [1.165, 1.54) is 308 Å². The van der Waals surface area contributed by atoms with Crippen molar-refractivity contribution in [3.63, 3.8) is 0 Å². The van der Waals surface area contributed by atoms with E-state index in [4.69, 9.17) is 28.4 Å². The highest BCUT2D eigenvalue weighted by atomic mass is 16.5. The molecule has 0 bridgehead atoms. The lowest BCUT2D eigenvalue weighted by molar-refractivity contribution is 0.101. The Bertz CT molecular complexity index is 2130. The summed E-state index contributed by atoms with van der Waals surface area (Å²) in [5.41, 5.74) is 1.76. The molecule has 2 amide bonds. The largest absolute Gasteiger partial charge is 0.490 e. The van der Waals surface area contributed by atoms with Gasteiger partial charge in [-0.3, -0.25) is 9.59 Å². The molecule has 3 aromatic carbocycles. The second-order valence-corrected chi connectivity index (χ2v) is 30.2. The zero-order chi connectivity index (χ0) is 72.9. The van der Waals surface area contributed by atoms with Gasteiger partial charge >= 0.3 is 0 Å². The van der Waals surface area contributed by atoms with Crippen molar-refractivity contribution in [3.05, 3.63) is 59.7 Å². The van der Waals surface area contributed by atoms with Crippen molar-refractivity contribution in [2.75, 3.05) is 50.3 Å². The molecule has 10 heteroatoms. The van der Waals surface area contributed by atoms with Gasteiger partial charge in [0.25, 0.3) is 11.8 Å². The monoisotopic (exact) mass is 1420 g/mol. The van der Waals surface area contributed by atoms with Crippen LogP contribution in [-0.2, 0) is 0 Å². The molecule has 3 rings (SSSR count). The van der Waals surface area contributed by atoms with Crippen LogP contribution in [0.2, 0.25) is 0 Å². The molecule has 0 aliphatic rings. The maximum atomic E-state index is 14.9. The topological polar surface area (TPSA) is 114 Å². The van der Waals surface area contributed by atoms with Gasteiger partial charge in [0.05, 0.1) is 51.0 Å². The molecule has 2 N–H and O–H groups in total. The summed E-state index contributed by atoms with van der Waals surface area (Å²) in [6, 6.07) is 14.8. The predicted molar refractivity (Wildman–Crippen MR) is 439 cm³/mol. The number of hydrogen-bond acceptors (Lipinski definition) is 8. The number of benzene rings is 3. The predicted octanol–water partition coefficient (Wildman–Crippen LogP) is 30.0. The lowest BCUT2D eigenvalue weighted by atomic mass is 10.1. The van der Waals surface area contributed by atoms with Gasteiger partial charge in [-0.05, 0) is 74.9 Å². The quantitative estimate of drug-likeness (QED) is 0.0537. The highest BCUT2D eigenvalue weighted by molar-refractivity contribution is 6.10. The Kier molecular flexibility index (Phi) is 61.3. The number of para-hydroxylation sites is 2. The third-order valence-corrected chi connectivity index (χ3v) is 20.5. The second-order valence-electron chi connectivity index (χ2n) is 30.2. The van der Waals surface area contributed by atoms with Crippen molar-refractivity contribution in [2.45, 2.75) is 427 Å². The first kappa shape index (κ1) is 91.6. The average molecular weight is 1420 g/mol. The number of unbranched alkanes of at least 4 members (excludes halogenated alkanes) is 54. The minimum Gasteiger partial charge on any atom is -0.490 e. The van der Waals surface area contributed by atoms with E-state index < -0.39 is 0 Å². The minimum atomic E-state index is -0.334. The summed E-state index contributed by atoms with van der Waals surface area (Å²) in [5.74, 6) is 2.67. The fraction of sp³-hybridized carbons (Fsp3) is 0.783. The summed E-state index contributed by atoms with van der Waals surface area (Å²) >= 11 is 0. The standard InChI is InChI=1S/C92H160N2O8/c1-7-13-19-25-31-37-43-49-55-63-71-97-85-77-81(78-86(98-72-64-56-50-44-38-32-26-20-14-8-2)89(85)101-75-67-59-53-47-41-35-29-23-17-11-5)91(95)93-83-69-61-62-70-84(83)94-92(96)82-79-87(99-73-65-57-51-45-39-33-27-21-15-9-3)90(102-76-68-60-54-48-42-36-30-24-18-12-6)88(80-82)100-74-66-58-52-46-40-34-28-22-16-10-4/h61-62,69-70,77-80H,7-60,63-68,71-76H2,1-6H3,(H,93,95)(H,94,96). The van der Waals surface area contributed by atoms with Gasteiger partial charge in [-0.2, -0.15) is 0 Å². The first-order valence-electron chi connectivity index (χ1n) is 44.2. The van der Waals surface area contributed by atoms with Gasteiger partial charge < -0.3 is 39.1 Å². The highest BCUT2D eigenvalue weighted by Gasteiger charge is 2.23. The summed E-state index contributed by atoms with van der Waals surface area (Å²) in [6.07, 6.45) is 74.3. The first-order chi connectivity index (χ1) is 50.4. The molecule has 0 spiro atoms. The second kappa shape index (κ2) is 68.2. The van der Waals surface area contributed by atoms with Gasteiger partial charge in [0.2, 0.25) is 11.5 Å². The van der Waals surface area contributed by atoms with Gasteiger partial charge in [-0.1, -0.05) is 400 Å². The number of carbonyl (C=O) groups is 2. The number of nitrogens with one attached hydrogen (secondary N) is 2. The van der Waals surface area contributed by atoms with Crippen LogP contribution < -0.4 is 39.1 Å². The molecule has 0 fully saturated rings. The molecule has 10 nitrogen and oxygen atoms in total. The van der Waals surface area contributed by atoms with Crippen LogP contribution in [0.25, 0.3) is 0 Å². The van der Waals surface area contributed by atoms with E-state index in [0.29, 0.717) is 96.6 Å². The van der Waals surface area contributed by atoms with Crippen LogP contribution in [0.5, 0.6) is 34.5 Å². The molecule has 0 aliphatic heterocycles. The number of hydrogen-bond donors (Lipinski definition) is 2. The summed E-state index contributed by atoms with van der Waals surface area (Å²) < 4.78 is 40.3. The van der Waals surface area contributed by atoms with Gasteiger partial charge in [-0.15, -0.1) is 0 Å². The molecular formula is C92H160N2O8. The average Bonchev–Trinajstić information content (AvgIpc) is 0.815. The Hall–Kier alpha value is -4.60. The molecular weight excluding hydrogens is 1260 g/mol. The summed E-state index contributed by atoms with van der Waals surface area (Å²) in [4.78, 5) is 29.9. The lowest BCUT2D eigenvalue weighted by Crippen LogP contribution is -2.18. The van der Waals surface area contributed by atoms with Crippen molar-refractivity contribution in [1.82, 2.24) is 0 Å². The van der Waals surface area contributed by atoms with E-state index in [1.54, 1.807) is 0 Å². The van der Waals surface area contributed by atoms with E-state index >= 15 is 0 Å². The molecule has 0 aliphatic carbocycles. The molecule has 102 heavy (non-hydrogen) atoms. The van der Waals surface area contributed by atoms with Crippen LogP contribution in [0.4, 0.5) is 11.4 Å². The van der Waals surface area contributed by atoms with Crippen molar-refractivity contribution in [3.8, 4) is 34.5 Å². The Balaban J connectivity index is 1.95. The molecule has 0 saturated heterocycles. The van der Waals surface area contributed by atoms with Crippen molar-refractivity contribution in [2.24, 2.45) is 0 Å². The van der Waals surface area contributed by atoms with Crippen molar-refractivity contribution < 1.29 is 38.0 Å². The smallest absolute Gasteiger partial charge is 0.255 e. The Morgan fingerprint density at radius 2 is 0.382 bits per heavy atom. The molecule has 3 aromatic rings. The van der Waals surface area contributed by atoms with Crippen LogP contribution >= 0.6 is 0 Å². The maximum absolute atomic E-state index is 14.9. The van der Waals surface area contributed by atoms with Gasteiger partial charge in [0.1, 0.15) is 0 Å². The van der Waals surface area contributed by atoms with Gasteiger partial charge in [0, 0.05) is 11.1 Å². The molecule has 0 heterocycles. The number of ether oxygens (including phenoxy) is 6. The first-order valence-corrected chi connectivity index (χ1v) is 44.2. The zero-order valence-electron chi connectivity index (χ0n) is 67.6. The third kappa shape index (κ3) is 48.5. The van der Waals surface area contributed by atoms with E-state index in [2.05, 4.69) is 52.2 Å². The van der Waals surface area contributed by atoms with Crippen LogP contribution in [0.15, 0.2) is 48.5 Å². The summed E-state index contributed by atoms with van der Waals surface area (Å²) in [7, 11) is 0. The van der Waals surface area contributed by atoms with Crippen LogP contribution in [0.3, 0.4) is 0 Å². The fourth-order valence-corrected chi connectivity index (χ4v) is 13.8. The van der Waals surface area contributed by atoms with Crippen LogP contribution in [-0.4, -0.2) is 51.5 Å². The van der Waals surface area contributed by atoms with Crippen LogP contribution in [0, 0.1) is 0 Å². The highest BCUT2D eigenvalue weighted by Crippen LogP contribution is 2.42. The Morgan fingerprint density at radius 1 is 0.225 bits per heavy atom. The number of rotatable bonds is 76. The molecule has 0 radical (unpaired) electrons. The Morgan fingerprint density at radius 3 is 0.559 bits per heavy atom. The van der Waals surface area contributed by atoms with E-state index in [1.807, 2.05) is 48.5 Å². The number of amides is 2. The molecule has 0 unspecified atom stereocenters. The fourth-order valence-electron chi connectivity index (χ4n) is 13.8. The third-order valence-electron chi connectivity index (χ3n) is 20.5. The van der Waals surface area contributed by atoms with E-state index in [0.717, 1.165) is 77.0 Å². The maximum Gasteiger partial charge on any atom is 0.255 e. The van der Waals surface area contributed by atoms with Crippen LogP contribution in [0.1, 0.15) is 448 Å². The molecule has 0 atom stereocenters. The SMILES string of the molecule is CCCCCCCCCCCCOc1cc(C(=O)Nc2ccccc2NC(=O)c2cc(OCCCCCCCCCCCC)c(OCCCCCCCCCCCC)c(OCCCCCCCCCCCC)c2)cc(OCCCCCCCCCCCC)c1OCCCCCCCCCCCC. The van der Waals surface area contributed by atoms with E-state index in [-0.39, 0.29) is 11.8 Å². The van der Waals surface area contributed by atoms with Gasteiger partial charge in [-0.25, -0.2) is 0 Å². The normalized spacial score (nSPS) is 11.4. The molecule has 586 valence electrons. The Labute approximate surface area is 629 Å². The summed E-state index contributed by atoms with van der Waals surface area (Å²) in [5, 5.41) is 6.42. The minimum absolute atomic E-state index is 0.334. The molecule has 0 saturated carbocycles. The number of carbonyl (C=O) groups excluding carboxylic acids is 2. The zero-order valence-corrected chi connectivity index (χ0v) is 67.6. The number of anilines is 2. The lowest BCUT2D eigenvalue weighted by Gasteiger charge is -2.20. The van der Waals surface area contributed by atoms with Crippen molar-refractivity contribution >= 4 is 23.2 Å².